The molecular formula is C5H8ClN3. The van der Waals surface area contributed by atoms with E-state index in [0.29, 0.717) is 18.8 Å². The average Bonchev–Trinajstić information content (AvgIpc) is 2.13. The molecule has 1 atom stereocenters. The number of hydrogen-bond acceptors (Lipinski definition) is 3. The Morgan fingerprint density at radius 1 is 1.78 bits per heavy atom. The number of nitrogens with one attached hydrogen (secondary N) is 3. The standard InChI is InChI=1S/C5H8ClN3/c6-5(8)3-1-9-2-4(3)7/h3,7-9H,1-2H2. The minimum absolute atomic E-state index is 0.0741. The van der Waals surface area contributed by atoms with Crippen LogP contribution in [0.1, 0.15) is 0 Å². The lowest BCUT2D eigenvalue weighted by atomic mass is 10.1. The molecule has 1 rings (SSSR count). The first kappa shape index (κ1) is 6.71. The van der Waals surface area contributed by atoms with Gasteiger partial charge < -0.3 is 10.7 Å². The van der Waals surface area contributed by atoms with E-state index in [-0.39, 0.29) is 11.1 Å². The number of hydrogen-bond donors (Lipinski definition) is 3. The van der Waals surface area contributed by atoms with Gasteiger partial charge in [0, 0.05) is 18.8 Å². The van der Waals surface area contributed by atoms with Crippen LogP contribution in [0.15, 0.2) is 0 Å². The van der Waals surface area contributed by atoms with E-state index in [2.05, 4.69) is 5.32 Å². The van der Waals surface area contributed by atoms with Gasteiger partial charge in [-0.1, -0.05) is 11.6 Å². The molecule has 0 aromatic heterocycles. The fourth-order valence-corrected chi connectivity index (χ4v) is 1.05. The first-order valence-electron chi connectivity index (χ1n) is 2.74. The first-order chi connectivity index (χ1) is 4.22. The highest BCUT2D eigenvalue weighted by Gasteiger charge is 2.23. The Morgan fingerprint density at radius 3 is 2.67 bits per heavy atom. The minimum Gasteiger partial charge on any atom is -0.310 e. The van der Waals surface area contributed by atoms with Crippen LogP contribution in [-0.4, -0.2) is 24.0 Å². The third kappa shape index (κ3) is 1.28. The highest BCUT2D eigenvalue weighted by Crippen LogP contribution is 2.07. The third-order valence-corrected chi connectivity index (χ3v) is 1.65. The molecule has 0 spiro atoms. The zero-order valence-corrected chi connectivity index (χ0v) is 5.63. The SMILES string of the molecule is N=C(Cl)C1CNCC1=N. The quantitative estimate of drug-likeness (QED) is 0.461. The Labute approximate surface area is 58.4 Å². The van der Waals surface area contributed by atoms with Crippen LogP contribution in [0.25, 0.3) is 0 Å². The smallest absolute Gasteiger partial charge is 0.107 e. The van der Waals surface area contributed by atoms with Gasteiger partial charge in [0.15, 0.2) is 0 Å². The summed E-state index contributed by atoms with van der Waals surface area (Å²) >= 11 is 5.38. The summed E-state index contributed by atoms with van der Waals surface area (Å²) in [4.78, 5) is 0. The summed E-state index contributed by atoms with van der Waals surface area (Å²) in [5, 5.41) is 17.3. The molecule has 0 amide bonds. The third-order valence-electron chi connectivity index (χ3n) is 1.39. The molecule has 0 aromatic rings. The van der Waals surface area contributed by atoms with Crippen molar-refractivity contribution < 1.29 is 0 Å². The van der Waals surface area contributed by atoms with Crippen molar-refractivity contribution >= 4 is 22.5 Å². The van der Waals surface area contributed by atoms with Gasteiger partial charge in [0.2, 0.25) is 0 Å². The van der Waals surface area contributed by atoms with Crippen molar-refractivity contribution in [2.24, 2.45) is 5.92 Å². The monoisotopic (exact) mass is 145 g/mol. The molecule has 0 aromatic carbocycles. The first-order valence-corrected chi connectivity index (χ1v) is 3.11. The summed E-state index contributed by atoms with van der Waals surface area (Å²) in [6, 6.07) is 0. The van der Waals surface area contributed by atoms with Crippen LogP contribution in [0.4, 0.5) is 0 Å². The molecule has 1 aliphatic rings. The molecule has 3 N–H and O–H groups in total. The predicted octanol–water partition coefficient (Wildman–Crippen LogP) is 0.442. The van der Waals surface area contributed by atoms with Gasteiger partial charge in [-0.3, -0.25) is 5.41 Å². The zero-order chi connectivity index (χ0) is 6.85. The van der Waals surface area contributed by atoms with Crippen molar-refractivity contribution in [3.8, 4) is 0 Å². The van der Waals surface area contributed by atoms with Gasteiger partial charge in [0.1, 0.15) is 5.17 Å². The molecule has 1 aliphatic heterocycles. The Hall–Kier alpha value is -0.410. The second-order valence-electron chi connectivity index (χ2n) is 2.06. The average molecular weight is 146 g/mol. The summed E-state index contributed by atoms with van der Waals surface area (Å²) in [5.74, 6) is -0.147. The van der Waals surface area contributed by atoms with E-state index in [1.165, 1.54) is 0 Å². The summed E-state index contributed by atoms with van der Waals surface area (Å²) in [5.41, 5.74) is 0.523. The maximum atomic E-state index is 7.25. The molecule has 1 unspecified atom stereocenters. The fraction of sp³-hybridized carbons (Fsp3) is 0.600. The molecule has 4 heteroatoms. The van der Waals surface area contributed by atoms with E-state index in [1.807, 2.05) is 0 Å². The topological polar surface area (TPSA) is 59.7 Å². The summed E-state index contributed by atoms with van der Waals surface area (Å²) in [6.45, 7) is 1.24. The molecule has 1 heterocycles. The van der Waals surface area contributed by atoms with Crippen molar-refractivity contribution in [2.75, 3.05) is 13.1 Å². The van der Waals surface area contributed by atoms with Crippen LogP contribution < -0.4 is 5.32 Å². The Bertz CT molecular complexity index is 154. The van der Waals surface area contributed by atoms with Crippen molar-refractivity contribution in [1.29, 1.82) is 10.8 Å². The van der Waals surface area contributed by atoms with Crippen molar-refractivity contribution in [1.82, 2.24) is 5.32 Å². The molecule has 1 fully saturated rings. The highest BCUT2D eigenvalue weighted by molar-refractivity contribution is 6.66. The van der Waals surface area contributed by atoms with Gasteiger partial charge in [-0.2, -0.15) is 0 Å². The second kappa shape index (κ2) is 2.45. The predicted molar refractivity (Wildman–Crippen MR) is 37.7 cm³/mol. The summed E-state index contributed by atoms with van der Waals surface area (Å²) in [6.07, 6.45) is 0. The fourth-order valence-electron chi connectivity index (χ4n) is 0.840. The zero-order valence-electron chi connectivity index (χ0n) is 4.87. The Balaban J connectivity index is 2.60. The molecule has 0 saturated carbocycles. The van der Waals surface area contributed by atoms with Crippen molar-refractivity contribution in [2.45, 2.75) is 0 Å². The maximum absolute atomic E-state index is 7.25. The highest BCUT2D eigenvalue weighted by atomic mass is 35.5. The Morgan fingerprint density at radius 2 is 2.44 bits per heavy atom. The van der Waals surface area contributed by atoms with Gasteiger partial charge in [0.25, 0.3) is 0 Å². The number of rotatable bonds is 1. The van der Waals surface area contributed by atoms with Crippen LogP contribution in [0, 0.1) is 16.7 Å². The molecule has 0 bridgehead atoms. The van der Waals surface area contributed by atoms with Gasteiger partial charge in [-0.15, -0.1) is 0 Å². The van der Waals surface area contributed by atoms with Gasteiger partial charge in [0.05, 0.1) is 5.92 Å². The van der Waals surface area contributed by atoms with Crippen LogP contribution in [-0.2, 0) is 0 Å². The van der Waals surface area contributed by atoms with Crippen molar-refractivity contribution in [3.05, 3.63) is 0 Å². The molecule has 0 radical (unpaired) electrons. The van der Waals surface area contributed by atoms with E-state index in [4.69, 9.17) is 22.4 Å². The molecular weight excluding hydrogens is 138 g/mol. The largest absolute Gasteiger partial charge is 0.310 e. The van der Waals surface area contributed by atoms with Crippen LogP contribution >= 0.6 is 11.6 Å². The van der Waals surface area contributed by atoms with Gasteiger partial charge in [-0.05, 0) is 0 Å². The van der Waals surface area contributed by atoms with E-state index in [1.54, 1.807) is 0 Å². The molecule has 1 saturated heterocycles. The minimum atomic E-state index is -0.147. The van der Waals surface area contributed by atoms with E-state index >= 15 is 0 Å². The van der Waals surface area contributed by atoms with Crippen LogP contribution in [0.2, 0.25) is 0 Å². The van der Waals surface area contributed by atoms with Crippen molar-refractivity contribution in [3.63, 3.8) is 0 Å². The van der Waals surface area contributed by atoms with E-state index in [9.17, 15) is 0 Å². The molecule has 3 nitrogen and oxygen atoms in total. The van der Waals surface area contributed by atoms with Gasteiger partial charge in [-0.25, -0.2) is 0 Å². The van der Waals surface area contributed by atoms with E-state index < -0.39 is 0 Å². The summed E-state index contributed by atoms with van der Waals surface area (Å²) in [7, 11) is 0. The lowest BCUT2D eigenvalue weighted by Crippen LogP contribution is -2.16. The Kier molecular flexibility index (Phi) is 1.83. The maximum Gasteiger partial charge on any atom is 0.107 e. The molecule has 0 aliphatic carbocycles. The summed E-state index contributed by atoms with van der Waals surface area (Å²) < 4.78 is 0. The van der Waals surface area contributed by atoms with E-state index in [0.717, 1.165) is 0 Å². The lowest BCUT2D eigenvalue weighted by Gasteiger charge is -2.01. The van der Waals surface area contributed by atoms with Crippen LogP contribution in [0.5, 0.6) is 0 Å². The normalized spacial score (nSPS) is 26.8. The van der Waals surface area contributed by atoms with Crippen LogP contribution in [0.3, 0.4) is 0 Å². The lowest BCUT2D eigenvalue weighted by molar-refractivity contribution is 0.812. The number of halogens is 1. The molecule has 50 valence electrons. The van der Waals surface area contributed by atoms with Gasteiger partial charge >= 0.3 is 0 Å². The second-order valence-corrected chi connectivity index (χ2v) is 2.46. The molecule has 9 heavy (non-hydrogen) atoms.